The fraction of sp³-hybridized carbons (Fsp3) is 0.471. The molecule has 0 saturated heterocycles. The van der Waals surface area contributed by atoms with Gasteiger partial charge in [-0.25, -0.2) is 4.68 Å². The molecule has 1 atom stereocenters. The number of hydrogen-bond acceptors (Lipinski definition) is 2. The number of aromatic nitrogens is 2. The molecule has 1 heterocycles. The maximum absolute atomic E-state index is 6.31. The van der Waals surface area contributed by atoms with E-state index in [4.69, 9.17) is 5.73 Å². The zero-order valence-electron chi connectivity index (χ0n) is 12.8. The van der Waals surface area contributed by atoms with Gasteiger partial charge in [-0.15, -0.1) is 0 Å². The molecule has 3 rings (SSSR count). The summed E-state index contributed by atoms with van der Waals surface area (Å²) in [4.78, 5) is 0. The van der Waals surface area contributed by atoms with Crippen molar-refractivity contribution in [3.8, 4) is 5.69 Å². The molecular formula is C17H23N3. The van der Waals surface area contributed by atoms with E-state index in [1.54, 1.807) is 0 Å². The summed E-state index contributed by atoms with van der Waals surface area (Å²) in [6, 6.07) is 6.61. The Bertz CT molecular complexity index is 652. The summed E-state index contributed by atoms with van der Waals surface area (Å²) in [5.41, 5.74) is 12.8. The van der Waals surface area contributed by atoms with Crippen molar-refractivity contribution in [2.45, 2.75) is 46.6 Å². The second-order valence-corrected chi connectivity index (χ2v) is 6.88. The van der Waals surface area contributed by atoms with E-state index in [2.05, 4.69) is 55.7 Å². The highest BCUT2D eigenvalue weighted by atomic mass is 15.3. The van der Waals surface area contributed by atoms with Crippen LogP contribution >= 0.6 is 0 Å². The van der Waals surface area contributed by atoms with Gasteiger partial charge in [0.05, 0.1) is 11.9 Å². The maximum Gasteiger partial charge on any atom is 0.0651 e. The number of nitrogens with two attached hydrogens (primary N) is 1. The van der Waals surface area contributed by atoms with Crippen LogP contribution in [0, 0.1) is 19.3 Å². The third kappa shape index (κ3) is 2.16. The lowest BCUT2D eigenvalue weighted by atomic mass is 9.74. The van der Waals surface area contributed by atoms with Crippen molar-refractivity contribution in [2.24, 2.45) is 11.1 Å². The fourth-order valence-electron chi connectivity index (χ4n) is 3.18. The molecule has 1 unspecified atom stereocenters. The molecule has 1 aliphatic carbocycles. The number of benzene rings is 1. The van der Waals surface area contributed by atoms with E-state index in [0.717, 1.165) is 18.5 Å². The number of rotatable bonds is 1. The molecule has 3 heteroatoms. The molecule has 2 aromatic rings. The largest absolute Gasteiger partial charge is 0.324 e. The first kappa shape index (κ1) is 13.4. The summed E-state index contributed by atoms with van der Waals surface area (Å²) in [5.74, 6) is 0. The lowest BCUT2D eigenvalue weighted by Gasteiger charge is -2.33. The zero-order chi connectivity index (χ0) is 14.5. The highest BCUT2D eigenvalue weighted by Crippen LogP contribution is 2.40. The number of hydrogen-bond donors (Lipinski definition) is 1. The van der Waals surface area contributed by atoms with Gasteiger partial charge in [-0.05, 0) is 55.4 Å². The Morgan fingerprint density at radius 1 is 1.25 bits per heavy atom. The van der Waals surface area contributed by atoms with Gasteiger partial charge in [0.25, 0.3) is 0 Å². The first-order valence-electron chi connectivity index (χ1n) is 7.27. The average molecular weight is 269 g/mol. The van der Waals surface area contributed by atoms with E-state index < -0.39 is 0 Å². The smallest absolute Gasteiger partial charge is 0.0651 e. The van der Waals surface area contributed by atoms with Crippen LogP contribution in [-0.2, 0) is 6.42 Å². The minimum Gasteiger partial charge on any atom is -0.324 e. The predicted octanol–water partition coefficient (Wildman–Crippen LogP) is 3.46. The summed E-state index contributed by atoms with van der Waals surface area (Å²) in [7, 11) is 0. The molecule has 0 aliphatic heterocycles. The van der Waals surface area contributed by atoms with E-state index in [1.807, 2.05) is 6.20 Å². The van der Waals surface area contributed by atoms with Crippen LogP contribution in [0.25, 0.3) is 5.69 Å². The van der Waals surface area contributed by atoms with Crippen molar-refractivity contribution in [3.05, 3.63) is 46.8 Å². The van der Waals surface area contributed by atoms with Gasteiger partial charge in [-0.2, -0.15) is 5.10 Å². The van der Waals surface area contributed by atoms with Crippen molar-refractivity contribution in [3.63, 3.8) is 0 Å². The predicted molar refractivity (Wildman–Crippen MR) is 82.1 cm³/mol. The molecule has 0 amide bonds. The Hall–Kier alpha value is -1.61. The Labute approximate surface area is 120 Å². The van der Waals surface area contributed by atoms with Gasteiger partial charge in [0.2, 0.25) is 0 Å². The molecule has 1 aromatic heterocycles. The second-order valence-electron chi connectivity index (χ2n) is 6.88. The summed E-state index contributed by atoms with van der Waals surface area (Å²) >= 11 is 0. The van der Waals surface area contributed by atoms with Crippen LogP contribution in [0.5, 0.6) is 0 Å². The van der Waals surface area contributed by atoms with Gasteiger partial charge in [0, 0.05) is 17.3 Å². The van der Waals surface area contributed by atoms with Crippen molar-refractivity contribution >= 4 is 0 Å². The lowest BCUT2D eigenvalue weighted by molar-refractivity contribution is 0.278. The van der Waals surface area contributed by atoms with E-state index >= 15 is 0 Å². The van der Waals surface area contributed by atoms with Crippen LogP contribution < -0.4 is 5.73 Å². The first-order valence-corrected chi connectivity index (χ1v) is 7.27. The van der Waals surface area contributed by atoms with Crippen molar-refractivity contribution in [2.75, 3.05) is 0 Å². The molecule has 3 nitrogen and oxygen atoms in total. The third-order valence-electron chi connectivity index (χ3n) is 4.45. The molecule has 2 N–H and O–H groups in total. The van der Waals surface area contributed by atoms with Crippen molar-refractivity contribution in [1.82, 2.24) is 9.78 Å². The summed E-state index contributed by atoms with van der Waals surface area (Å²) in [5, 5.41) is 4.59. The topological polar surface area (TPSA) is 43.8 Å². The van der Waals surface area contributed by atoms with Crippen LogP contribution in [-0.4, -0.2) is 9.78 Å². The Balaban J connectivity index is 2.10. The Morgan fingerprint density at radius 3 is 2.70 bits per heavy atom. The van der Waals surface area contributed by atoms with E-state index in [-0.39, 0.29) is 11.5 Å². The zero-order valence-corrected chi connectivity index (χ0v) is 12.8. The monoisotopic (exact) mass is 269 g/mol. The molecule has 106 valence electrons. The van der Waals surface area contributed by atoms with Gasteiger partial charge in [0.1, 0.15) is 0 Å². The maximum atomic E-state index is 6.31. The number of fused-ring (bicyclic) bond motifs is 1. The summed E-state index contributed by atoms with van der Waals surface area (Å²) in [6.45, 7) is 8.85. The van der Waals surface area contributed by atoms with Gasteiger partial charge < -0.3 is 5.73 Å². The van der Waals surface area contributed by atoms with Gasteiger partial charge >= 0.3 is 0 Å². The highest BCUT2D eigenvalue weighted by molar-refractivity contribution is 5.42. The molecule has 20 heavy (non-hydrogen) atoms. The number of aryl methyl sites for hydroxylation is 2. The normalized spacial score (nSPS) is 20.8. The summed E-state index contributed by atoms with van der Waals surface area (Å²) in [6.07, 6.45) is 4.01. The van der Waals surface area contributed by atoms with E-state index in [9.17, 15) is 0 Å². The fourth-order valence-corrected chi connectivity index (χ4v) is 3.18. The summed E-state index contributed by atoms with van der Waals surface area (Å²) < 4.78 is 2.07. The van der Waals surface area contributed by atoms with Crippen LogP contribution in [0.4, 0.5) is 0 Å². The quantitative estimate of drug-likeness (QED) is 0.861. The minimum absolute atomic E-state index is 0.106. The van der Waals surface area contributed by atoms with Gasteiger partial charge in [0.15, 0.2) is 0 Å². The molecule has 0 spiro atoms. The van der Waals surface area contributed by atoms with Crippen LogP contribution in [0.2, 0.25) is 0 Å². The Morgan fingerprint density at radius 2 is 2.00 bits per heavy atom. The van der Waals surface area contributed by atoms with E-state index in [1.165, 1.54) is 22.4 Å². The molecule has 1 aliphatic rings. The minimum atomic E-state index is 0.106. The molecule has 0 fully saturated rings. The average Bonchev–Trinajstić information content (AvgIpc) is 2.75. The second kappa shape index (κ2) is 4.45. The number of nitrogens with zero attached hydrogens (tertiary/aromatic N) is 2. The van der Waals surface area contributed by atoms with Gasteiger partial charge in [-0.1, -0.05) is 19.9 Å². The van der Waals surface area contributed by atoms with Crippen molar-refractivity contribution in [1.29, 1.82) is 0 Å². The standard InChI is InChI=1S/C17H23N3/c1-11-5-6-13(7-12(11)2)20-16-9-17(3,4)8-15(18)14(16)10-19-20/h5-7,10,15H,8-9,18H2,1-4H3. The Kier molecular flexibility index (Phi) is 2.98. The van der Waals surface area contributed by atoms with Crippen LogP contribution in [0.3, 0.4) is 0 Å². The van der Waals surface area contributed by atoms with E-state index in [0.29, 0.717) is 0 Å². The van der Waals surface area contributed by atoms with Crippen LogP contribution in [0.15, 0.2) is 24.4 Å². The lowest BCUT2D eigenvalue weighted by Crippen LogP contribution is -2.30. The van der Waals surface area contributed by atoms with Crippen LogP contribution in [0.1, 0.15) is 48.7 Å². The molecule has 0 bridgehead atoms. The van der Waals surface area contributed by atoms with Gasteiger partial charge in [-0.3, -0.25) is 0 Å². The SMILES string of the molecule is Cc1ccc(-n2ncc3c2CC(C)(C)CC3N)cc1C. The first-order chi connectivity index (χ1) is 9.37. The molecular weight excluding hydrogens is 246 g/mol. The van der Waals surface area contributed by atoms with Crippen molar-refractivity contribution < 1.29 is 0 Å². The highest BCUT2D eigenvalue weighted by Gasteiger charge is 2.33. The molecule has 0 radical (unpaired) electrons. The third-order valence-corrected chi connectivity index (χ3v) is 4.45. The molecule has 1 aromatic carbocycles. The molecule has 0 saturated carbocycles.